The first-order valence-corrected chi connectivity index (χ1v) is 16.7. The smallest absolute Gasteiger partial charge is 0.311 e. The number of carbonyl (C=O) groups is 2. The summed E-state index contributed by atoms with van der Waals surface area (Å²) < 4.78 is 5.58. The van der Waals surface area contributed by atoms with Gasteiger partial charge in [-0.25, -0.2) is 0 Å². The summed E-state index contributed by atoms with van der Waals surface area (Å²) in [4.78, 5) is 29.0. The van der Waals surface area contributed by atoms with Crippen LogP contribution < -0.4 is 10.5 Å². The van der Waals surface area contributed by atoms with Crippen molar-refractivity contribution in [3.63, 3.8) is 0 Å². The third-order valence-electron chi connectivity index (χ3n) is 9.74. The number of aliphatic hydroxyl groups excluding tert-OH is 2. The van der Waals surface area contributed by atoms with E-state index in [-0.39, 0.29) is 23.6 Å². The van der Waals surface area contributed by atoms with Crippen LogP contribution in [0.4, 0.5) is 0 Å². The molecule has 5 N–H and O–H groups in total. The van der Waals surface area contributed by atoms with Crippen LogP contribution in [-0.2, 0) is 22.4 Å². The molecule has 0 aliphatic heterocycles. The number of aromatic amines is 1. The average molecular weight is 625 g/mol. The molecule has 0 spiro atoms. The maximum absolute atomic E-state index is 13.3. The first-order chi connectivity index (χ1) is 22.2. The number of ether oxygens (including phenoxy) is 1. The molecule has 0 radical (unpaired) electrons. The molecule has 2 unspecified atom stereocenters. The Hall–Kier alpha value is -3.78. The number of fused-ring (bicyclic) bond motifs is 2. The lowest BCUT2D eigenvalue weighted by atomic mass is 9.84. The summed E-state index contributed by atoms with van der Waals surface area (Å²) in [6.07, 6.45) is 10.2. The second-order valence-corrected chi connectivity index (χ2v) is 13.4. The van der Waals surface area contributed by atoms with Gasteiger partial charge in [-0.3, -0.25) is 9.59 Å². The van der Waals surface area contributed by atoms with Crippen LogP contribution in [0.1, 0.15) is 69.9 Å². The SMILES string of the molecule is CC1(C)C(=O)[C@H](CC=CCCCC(=O)Oc2ccc3[nH]cc(CCN)c3c2)[C@@H](CCC(O)CCc2ccc3ccccc3c2)C1O. The number of aromatic nitrogens is 1. The molecule has 7 heteroatoms. The first-order valence-electron chi connectivity index (χ1n) is 16.7. The number of Topliss-reactive ketones (excluding diaryl/α,β-unsaturated/α-hetero) is 1. The zero-order valence-electron chi connectivity index (χ0n) is 27.1. The Morgan fingerprint density at radius 2 is 1.85 bits per heavy atom. The van der Waals surface area contributed by atoms with Crippen molar-refractivity contribution in [2.75, 3.05) is 6.54 Å². The lowest BCUT2D eigenvalue weighted by molar-refractivity contribution is -0.134. The fourth-order valence-electron chi connectivity index (χ4n) is 6.96. The Morgan fingerprint density at radius 3 is 2.65 bits per heavy atom. The number of aliphatic hydroxyl groups is 2. The van der Waals surface area contributed by atoms with Crippen LogP contribution in [0, 0.1) is 17.3 Å². The van der Waals surface area contributed by atoms with Crippen molar-refractivity contribution >= 4 is 33.4 Å². The molecule has 4 atom stereocenters. The quantitative estimate of drug-likeness (QED) is 0.0498. The zero-order chi connectivity index (χ0) is 32.7. The molecule has 1 heterocycles. The number of rotatable bonds is 15. The summed E-state index contributed by atoms with van der Waals surface area (Å²) >= 11 is 0. The largest absolute Gasteiger partial charge is 0.427 e. The summed E-state index contributed by atoms with van der Waals surface area (Å²) in [5.41, 5.74) is 8.19. The second kappa shape index (κ2) is 15.2. The summed E-state index contributed by atoms with van der Waals surface area (Å²) in [6.45, 7) is 4.20. The number of hydrogen-bond donors (Lipinski definition) is 4. The number of ketones is 1. The topological polar surface area (TPSA) is 126 Å². The second-order valence-electron chi connectivity index (χ2n) is 13.4. The molecule has 4 aromatic rings. The Bertz CT molecular complexity index is 1670. The number of carbonyl (C=O) groups excluding carboxylic acids is 2. The third kappa shape index (κ3) is 7.95. The predicted molar refractivity (Wildman–Crippen MR) is 184 cm³/mol. The number of esters is 1. The molecule has 0 amide bonds. The molecule has 1 aliphatic carbocycles. The van der Waals surface area contributed by atoms with E-state index in [0.29, 0.717) is 57.2 Å². The van der Waals surface area contributed by atoms with Gasteiger partial charge in [-0.1, -0.05) is 68.5 Å². The molecule has 3 aromatic carbocycles. The van der Waals surface area contributed by atoms with E-state index < -0.39 is 17.6 Å². The maximum atomic E-state index is 13.3. The highest BCUT2D eigenvalue weighted by Crippen LogP contribution is 2.46. The number of unbranched alkanes of at least 4 members (excludes halogenated alkanes) is 1. The average Bonchev–Trinajstić information content (AvgIpc) is 3.51. The van der Waals surface area contributed by atoms with E-state index in [4.69, 9.17) is 10.5 Å². The van der Waals surface area contributed by atoms with Gasteiger partial charge in [0.05, 0.1) is 12.2 Å². The number of hydrogen-bond acceptors (Lipinski definition) is 6. The number of H-pyrrole nitrogens is 1. The van der Waals surface area contributed by atoms with Gasteiger partial charge in [0.25, 0.3) is 0 Å². The van der Waals surface area contributed by atoms with Crippen LogP contribution in [-0.4, -0.2) is 45.7 Å². The molecule has 0 saturated heterocycles. The van der Waals surface area contributed by atoms with Crippen molar-refractivity contribution in [2.45, 2.75) is 83.8 Å². The molecular weight excluding hydrogens is 576 g/mol. The van der Waals surface area contributed by atoms with Gasteiger partial charge in [0, 0.05) is 34.9 Å². The normalized spacial score (nSPS) is 20.2. The van der Waals surface area contributed by atoms with Crippen molar-refractivity contribution in [1.29, 1.82) is 0 Å². The zero-order valence-corrected chi connectivity index (χ0v) is 27.1. The van der Waals surface area contributed by atoms with E-state index in [0.717, 1.165) is 29.3 Å². The van der Waals surface area contributed by atoms with E-state index >= 15 is 0 Å². The minimum atomic E-state index is -0.808. The molecule has 46 heavy (non-hydrogen) atoms. The number of benzene rings is 3. The predicted octanol–water partition coefficient (Wildman–Crippen LogP) is 6.82. The van der Waals surface area contributed by atoms with Gasteiger partial charge < -0.3 is 25.7 Å². The van der Waals surface area contributed by atoms with Gasteiger partial charge >= 0.3 is 5.97 Å². The van der Waals surface area contributed by atoms with Crippen molar-refractivity contribution in [1.82, 2.24) is 4.98 Å². The van der Waals surface area contributed by atoms with E-state index in [1.54, 1.807) is 6.07 Å². The van der Waals surface area contributed by atoms with Gasteiger partial charge in [0.2, 0.25) is 0 Å². The van der Waals surface area contributed by atoms with Crippen LogP contribution in [0.25, 0.3) is 21.7 Å². The molecule has 1 saturated carbocycles. The summed E-state index contributed by atoms with van der Waals surface area (Å²) in [5, 5.41) is 25.3. The molecule has 244 valence electrons. The van der Waals surface area contributed by atoms with Crippen molar-refractivity contribution in [3.8, 4) is 5.75 Å². The molecule has 5 rings (SSSR count). The Morgan fingerprint density at radius 1 is 1.04 bits per heavy atom. The number of nitrogens with two attached hydrogens (primary N) is 1. The summed E-state index contributed by atoms with van der Waals surface area (Å²) in [5.74, 6) is -0.153. The van der Waals surface area contributed by atoms with E-state index in [9.17, 15) is 19.8 Å². The van der Waals surface area contributed by atoms with E-state index in [1.165, 1.54) is 16.3 Å². The maximum Gasteiger partial charge on any atom is 0.311 e. The van der Waals surface area contributed by atoms with Gasteiger partial charge in [-0.05, 0) is 104 Å². The fourth-order valence-corrected chi connectivity index (χ4v) is 6.96. The fraction of sp³-hybridized carbons (Fsp3) is 0.436. The van der Waals surface area contributed by atoms with Crippen molar-refractivity contribution < 1.29 is 24.5 Å². The van der Waals surface area contributed by atoms with Crippen LogP contribution in [0.3, 0.4) is 0 Å². The lowest BCUT2D eigenvalue weighted by Gasteiger charge is -2.25. The Kier molecular flexibility index (Phi) is 11.1. The molecular formula is C39H48N2O5. The summed E-state index contributed by atoms with van der Waals surface area (Å²) in [7, 11) is 0. The molecule has 1 fully saturated rings. The van der Waals surface area contributed by atoms with Gasteiger partial charge in [-0.15, -0.1) is 0 Å². The number of allylic oxidation sites excluding steroid dienone is 2. The first kappa shape index (κ1) is 33.6. The van der Waals surface area contributed by atoms with Crippen molar-refractivity contribution in [3.05, 3.63) is 90.1 Å². The summed E-state index contributed by atoms with van der Waals surface area (Å²) in [6, 6.07) is 20.2. The van der Waals surface area contributed by atoms with Crippen LogP contribution in [0.15, 0.2) is 79.0 Å². The molecule has 1 aromatic heterocycles. The highest BCUT2D eigenvalue weighted by Gasteiger charge is 2.53. The van der Waals surface area contributed by atoms with E-state index in [1.807, 2.05) is 56.5 Å². The lowest BCUT2D eigenvalue weighted by Crippen LogP contribution is -2.32. The van der Waals surface area contributed by atoms with E-state index in [2.05, 4.69) is 35.3 Å². The Balaban J connectivity index is 1.06. The van der Waals surface area contributed by atoms with Crippen molar-refractivity contribution in [2.24, 2.45) is 23.0 Å². The van der Waals surface area contributed by atoms with Gasteiger partial charge in [-0.2, -0.15) is 0 Å². The minimum Gasteiger partial charge on any atom is -0.427 e. The molecule has 0 bridgehead atoms. The Labute approximate surface area is 271 Å². The van der Waals surface area contributed by atoms with Gasteiger partial charge in [0.15, 0.2) is 0 Å². The van der Waals surface area contributed by atoms with Crippen LogP contribution in [0.5, 0.6) is 5.75 Å². The number of nitrogens with one attached hydrogen (secondary N) is 1. The highest BCUT2D eigenvalue weighted by atomic mass is 16.5. The molecule has 7 nitrogen and oxygen atoms in total. The van der Waals surface area contributed by atoms with Crippen LogP contribution in [0.2, 0.25) is 0 Å². The third-order valence-corrected chi connectivity index (χ3v) is 9.74. The number of aryl methyl sites for hydroxylation is 1. The highest BCUT2D eigenvalue weighted by molar-refractivity contribution is 5.90. The van der Waals surface area contributed by atoms with Crippen LogP contribution >= 0.6 is 0 Å². The standard InChI is InChI=1S/C39H48N2O5/c1-39(2)37(44)32(33(38(39)45)19-17-30(42)16-14-26-13-15-27-9-7-8-10-28(27)23-26)11-5-3-4-6-12-36(43)46-31-18-20-35-34(24-31)29(21-22-40)25-41-35/h3,5,7-10,13,15,18,20,23-25,30,32-33,38,41-42,45H,4,6,11-12,14,16-17,19,21-22,40H2,1-2H3/t30?,32-,33-,38?/m1/s1. The van der Waals surface area contributed by atoms with Gasteiger partial charge in [0.1, 0.15) is 11.5 Å². The monoisotopic (exact) mass is 624 g/mol. The minimum absolute atomic E-state index is 0.0814. The molecule has 1 aliphatic rings.